The molecule has 0 amide bonds. The highest BCUT2D eigenvalue weighted by Crippen LogP contribution is 2.21. The van der Waals surface area contributed by atoms with E-state index in [-0.39, 0.29) is 18.2 Å². The molecule has 2 aromatic rings. The Kier molecular flexibility index (Phi) is 7.24. The molecule has 0 saturated carbocycles. The zero-order valence-corrected chi connectivity index (χ0v) is 12.5. The maximum Gasteiger partial charge on any atom is 0.387 e. The Bertz CT molecular complexity index is 552. The molecule has 6 heteroatoms. The molecule has 2 atom stereocenters. The monoisotopic (exact) mass is 329 g/mol. The van der Waals surface area contributed by atoms with Gasteiger partial charge in [0.2, 0.25) is 0 Å². The van der Waals surface area contributed by atoms with E-state index in [9.17, 15) is 13.9 Å². The van der Waals surface area contributed by atoms with Gasteiger partial charge in [-0.2, -0.15) is 8.78 Å². The molecule has 2 rings (SSSR count). The van der Waals surface area contributed by atoms with Gasteiger partial charge in [0.05, 0.1) is 12.1 Å². The molecule has 0 saturated heterocycles. The van der Waals surface area contributed by atoms with Crippen molar-refractivity contribution in [3.63, 3.8) is 0 Å². The number of aliphatic hydroxyl groups excluding tert-OH is 1. The Balaban J connectivity index is 0.00000242. The number of halogens is 3. The van der Waals surface area contributed by atoms with Gasteiger partial charge in [0.1, 0.15) is 5.75 Å². The Morgan fingerprint density at radius 2 is 1.59 bits per heavy atom. The Hall–Kier alpha value is -1.69. The summed E-state index contributed by atoms with van der Waals surface area (Å²) in [6.07, 6.45) is -0.327. The van der Waals surface area contributed by atoms with E-state index in [2.05, 4.69) is 4.74 Å². The molecule has 0 bridgehead atoms. The van der Waals surface area contributed by atoms with Crippen LogP contribution < -0.4 is 10.5 Å². The Morgan fingerprint density at radius 1 is 1.00 bits per heavy atom. The minimum Gasteiger partial charge on any atom is -0.435 e. The summed E-state index contributed by atoms with van der Waals surface area (Å²) in [5.41, 5.74) is 7.65. The van der Waals surface area contributed by atoms with Crippen LogP contribution in [-0.4, -0.2) is 17.8 Å². The fourth-order valence-corrected chi connectivity index (χ4v) is 2.08. The van der Waals surface area contributed by atoms with Gasteiger partial charge >= 0.3 is 6.61 Å². The largest absolute Gasteiger partial charge is 0.435 e. The lowest BCUT2D eigenvalue weighted by molar-refractivity contribution is -0.0498. The molecular formula is C16H18ClF2NO2. The second-order valence-electron chi connectivity index (χ2n) is 4.73. The second kappa shape index (κ2) is 8.68. The normalized spacial score (nSPS) is 13.3. The number of hydrogen-bond donors (Lipinski definition) is 2. The number of aliphatic hydroxyl groups is 1. The number of hydrogen-bond acceptors (Lipinski definition) is 3. The van der Waals surface area contributed by atoms with E-state index >= 15 is 0 Å². The molecule has 0 radical (unpaired) electrons. The minimum absolute atomic E-state index is 0. The quantitative estimate of drug-likeness (QED) is 0.855. The second-order valence-corrected chi connectivity index (χ2v) is 4.73. The topological polar surface area (TPSA) is 55.5 Å². The molecule has 0 unspecified atom stereocenters. The van der Waals surface area contributed by atoms with Crippen LogP contribution in [0.1, 0.15) is 17.2 Å². The summed E-state index contributed by atoms with van der Waals surface area (Å²) in [6.45, 7) is -2.85. The SMILES string of the molecule is Cl.N[C@H](c1ccc(OC(F)F)cc1)[C@@H](O)Cc1ccccc1. The van der Waals surface area contributed by atoms with Crippen LogP contribution in [0.3, 0.4) is 0 Å². The average Bonchev–Trinajstić information content (AvgIpc) is 2.47. The van der Waals surface area contributed by atoms with Gasteiger partial charge in [0.15, 0.2) is 0 Å². The smallest absolute Gasteiger partial charge is 0.387 e. The standard InChI is InChI=1S/C16H17F2NO2.ClH/c17-16(18)21-13-8-6-12(7-9-13)15(19)14(20)10-11-4-2-1-3-5-11;/h1-9,14-16,20H,10,19H2;1H/t14-,15+;/m0./s1. The van der Waals surface area contributed by atoms with Crippen LogP contribution in [0.4, 0.5) is 8.78 Å². The van der Waals surface area contributed by atoms with Crippen LogP contribution in [0.2, 0.25) is 0 Å². The van der Waals surface area contributed by atoms with Crippen LogP contribution in [0.25, 0.3) is 0 Å². The third-order valence-corrected chi connectivity index (χ3v) is 3.19. The van der Waals surface area contributed by atoms with Gasteiger partial charge in [0.25, 0.3) is 0 Å². The van der Waals surface area contributed by atoms with Gasteiger partial charge in [-0.25, -0.2) is 0 Å². The number of benzene rings is 2. The lowest BCUT2D eigenvalue weighted by Gasteiger charge is -2.19. The lowest BCUT2D eigenvalue weighted by atomic mass is 9.97. The fourth-order valence-electron chi connectivity index (χ4n) is 2.08. The zero-order valence-electron chi connectivity index (χ0n) is 11.7. The molecule has 2 aromatic carbocycles. The number of nitrogens with two attached hydrogens (primary N) is 1. The van der Waals surface area contributed by atoms with Crippen molar-refractivity contribution in [3.05, 3.63) is 65.7 Å². The van der Waals surface area contributed by atoms with Crippen LogP contribution in [0, 0.1) is 0 Å². The van der Waals surface area contributed by atoms with Crippen molar-refractivity contribution in [2.75, 3.05) is 0 Å². The molecular weight excluding hydrogens is 312 g/mol. The Labute approximate surface area is 134 Å². The number of rotatable bonds is 6. The molecule has 3 N–H and O–H groups in total. The highest BCUT2D eigenvalue weighted by atomic mass is 35.5. The number of ether oxygens (including phenoxy) is 1. The Morgan fingerprint density at radius 3 is 2.14 bits per heavy atom. The van der Waals surface area contributed by atoms with Crippen LogP contribution in [0.15, 0.2) is 54.6 Å². The van der Waals surface area contributed by atoms with Gasteiger partial charge < -0.3 is 15.6 Å². The highest BCUT2D eigenvalue weighted by Gasteiger charge is 2.17. The lowest BCUT2D eigenvalue weighted by Crippen LogP contribution is -2.28. The molecule has 0 aromatic heterocycles. The van der Waals surface area contributed by atoms with Crippen molar-refractivity contribution >= 4 is 12.4 Å². The van der Waals surface area contributed by atoms with Crippen molar-refractivity contribution in [1.29, 1.82) is 0 Å². The molecule has 0 spiro atoms. The van der Waals surface area contributed by atoms with E-state index in [4.69, 9.17) is 5.73 Å². The molecule has 22 heavy (non-hydrogen) atoms. The highest BCUT2D eigenvalue weighted by molar-refractivity contribution is 5.85. The first kappa shape index (κ1) is 18.4. The molecule has 0 aliphatic heterocycles. The van der Waals surface area contributed by atoms with E-state index in [1.807, 2.05) is 30.3 Å². The van der Waals surface area contributed by atoms with Crippen LogP contribution >= 0.6 is 12.4 Å². The average molecular weight is 330 g/mol. The minimum atomic E-state index is -2.85. The van der Waals surface area contributed by atoms with E-state index in [1.165, 1.54) is 12.1 Å². The maximum absolute atomic E-state index is 12.1. The van der Waals surface area contributed by atoms with Gasteiger partial charge in [-0.1, -0.05) is 42.5 Å². The van der Waals surface area contributed by atoms with E-state index in [0.29, 0.717) is 12.0 Å². The summed E-state index contributed by atoms with van der Waals surface area (Å²) in [7, 11) is 0. The summed E-state index contributed by atoms with van der Waals surface area (Å²) >= 11 is 0. The van der Waals surface area contributed by atoms with Gasteiger partial charge in [-0.3, -0.25) is 0 Å². The van der Waals surface area contributed by atoms with Crippen molar-refractivity contribution < 1.29 is 18.6 Å². The predicted octanol–water partition coefficient (Wildman–Crippen LogP) is 3.31. The predicted molar refractivity (Wildman–Crippen MR) is 83.4 cm³/mol. The van der Waals surface area contributed by atoms with Gasteiger partial charge in [-0.15, -0.1) is 12.4 Å². The molecule has 3 nitrogen and oxygen atoms in total. The molecule has 0 aliphatic carbocycles. The third kappa shape index (κ3) is 5.26. The summed E-state index contributed by atoms with van der Waals surface area (Å²) in [4.78, 5) is 0. The zero-order chi connectivity index (χ0) is 15.2. The van der Waals surface area contributed by atoms with Crippen LogP contribution in [-0.2, 0) is 6.42 Å². The molecule has 0 aliphatic rings. The van der Waals surface area contributed by atoms with E-state index in [0.717, 1.165) is 5.56 Å². The first-order chi connectivity index (χ1) is 10.1. The molecule has 0 heterocycles. The fraction of sp³-hybridized carbons (Fsp3) is 0.250. The maximum atomic E-state index is 12.1. The summed E-state index contributed by atoms with van der Waals surface area (Å²) < 4.78 is 28.4. The van der Waals surface area contributed by atoms with Crippen LogP contribution in [0.5, 0.6) is 5.75 Å². The molecule has 120 valence electrons. The van der Waals surface area contributed by atoms with Crippen molar-refractivity contribution in [3.8, 4) is 5.75 Å². The first-order valence-corrected chi connectivity index (χ1v) is 6.58. The van der Waals surface area contributed by atoms with Crippen molar-refractivity contribution in [2.24, 2.45) is 5.73 Å². The van der Waals surface area contributed by atoms with Crippen molar-refractivity contribution in [2.45, 2.75) is 25.2 Å². The molecule has 0 fully saturated rings. The first-order valence-electron chi connectivity index (χ1n) is 6.58. The number of alkyl halides is 2. The van der Waals surface area contributed by atoms with Crippen molar-refractivity contribution in [1.82, 2.24) is 0 Å². The van der Waals surface area contributed by atoms with E-state index in [1.54, 1.807) is 12.1 Å². The van der Waals surface area contributed by atoms with E-state index < -0.39 is 18.8 Å². The summed E-state index contributed by atoms with van der Waals surface area (Å²) in [6, 6.07) is 14.9. The third-order valence-electron chi connectivity index (χ3n) is 3.19. The van der Waals surface area contributed by atoms with Gasteiger partial charge in [-0.05, 0) is 23.3 Å². The summed E-state index contributed by atoms with van der Waals surface area (Å²) in [5, 5.41) is 10.2. The van der Waals surface area contributed by atoms with Gasteiger partial charge in [0, 0.05) is 6.42 Å². The summed E-state index contributed by atoms with van der Waals surface area (Å²) in [5.74, 6) is 0.0681.